The topological polar surface area (TPSA) is 101 Å². The minimum Gasteiger partial charge on any atom is -0.354 e. The summed E-state index contributed by atoms with van der Waals surface area (Å²) in [7, 11) is 0. The molecule has 2 N–H and O–H groups in total. The number of nitrogens with zero attached hydrogens (tertiary/aromatic N) is 5. The Balaban J connectivity index is 1.10. The van der Waals surface area contributed by atoms with Crippen LogP contribution in [0.3, 0.4) is 0 Å². The molecule has 0 aliphatic carbocycles. The lowest BCUT2D eigenvalue weighted by atomic mass is 9.87. The standard InChI is InChI=1S/C35H47N7O2/c1-5-41(6-2)31(43)18-24-8-7-15-40(21-24)22-32(44)42-16-12-25(13-17-42)26-9-10-30-28(19-26)33(23(3)4)34(38-30)27-11-14-36-35-29(27)20-37-39-35/h9-11,14,19-20,23-25,38H,5-8,12-13,15-18,21-22H2,1-4H3,(H,36,37,39). The zero-order chi connectivity index (χ0) is 30.8. The summed E-state index contributed by atoms with van der Waals surface area (Å²) in [4.78, 5) is 40.4. The van der Waals surface area contributed by atoms with Crippen LogP contribution < -0.4 is 0 Å². The fourth-order valence-corrected chi connectivity index (χ4v) is 7.53. The molecular formula is C35H47N7O2. The van der Waals surface area contributed by atoms with Crippen molar-refractivity contribution in [3.05, 3.63) is 47.8 Å². The fourth-order valence-electron chi connectivity index (χ4n) is 7.53. The Bertz CT molecular complexity index is 1610. The van der Waals surface area contributed by atoms with Gasteiger partial charge in [0.25, 0.3) is 0 Å². The number of rotatable bonds is 9. The Hall–Kier alpha value is -3.72. The van der Waals surface area contributed by atoms with E-state index in [1.54, 1.807) is 0 Å². The summed E-state index contributed by atoms with van der Waals surface area (Å²) < 4.78 is 0. The van der Waals surface area contributed by atoms with Crippen LogP contribution in [0.25, 0.3) is 33.2 Å². The van der Waals surface area contributed by atoms with Gasteiger partial charge in [0.05, 0.1) is 18.4 Å². The van der Waals surface area contributed by atoms with Crippen LogP contribution in [0.1, 0.15) is 82.8 Å². The van der Waals surface area contributed by atoms with E-state index in [9.17, 15) is 9.59 Å². The molecule has 0 spiro atoms. The molecule has 2 aliphatic heterocycles. The summed E-state index contributed by atoms with van der Waals surface area (Å²) in [6.45, 7) is 14.0. The second kappa shape index (κ2) is 13.1. The van der Waals surface area contributed by atoms with Crippen LogP contribution in [0.2, 0.25) is 0 Å². The molecule has 0 radical (unpaired) electrons. The summed E-state index contributed by atoms with van der Waals surface area (Å²) in [5, 5.41) is 9.51. The van der Waals surface area contributed by atoms with Gasteiger partial charge in [0, 0.05) is 67.2 Å². The number of piperidine rings is 2. The summed E-state index contributed by atoms with van der Waals surface area (Å²) in [6.07, 6.45) is 8.38. The van der Waals surface area contributed by atoms with E-state index >= 15 is 0 Å². The highest BCUT2D eigenvalue weighted by molar-refractivity contribution is 5.98. The lowest BCUT2D eigenvalue weighted by Gasteiger charge is -2.36. The molecule has 1 aromatic carbocycles. The van der Waals surface area contributed by atoms with Crippen molar-refractivity contribution in [1.82, 2.24) is 34.9 Å². The highest BCUT2D eigenvalue weighted by Gasteiger charge is 2.29. The van der Waals surface area contributed by atoms with Crippen LogP contribution in [0, 0.1) is 5.92 Å². The molecule has 4 aromatic rings. The molecule has 9 nitrogen and oxygen atoms in total. The van der Waals surface area contributed by atoms with Crippen molar-refractivity contribution >= 4 is 33.8 Å². The molecular weight excluding hydrogens is 550 g/mol. The first kappa shape index (κ1) is 30.3. The average molecular weight is 598 g/mol. The number of nitrogens with one attached hydrogen (secondary N) is 2. The number of aromatic amines is 2. The highest BCUT2D eigenvalue weighted by atomic mass is 16.2. The summed E-state index contributed by atoms with van der Waals surface area (Å²) in [5.41, 5.74) is 6.88. The minimum absolute atomic E-state index is 0.231. The van der Waals surface area contributed by atoms with Crippen LogP contribution >= 0.6 is 0 Å². The zero-order valence-electron chi connectivity index (χ0n) is 26.7. The third-order valence-electron chi connectivity index (χ3n) is 9.92. The maximum Gasteiger partial charge on any atom is 0.236 e. The first-order chi connectivity index (χ1) is 21.4. The van der Waals surface area contributed by atoms with Crippen LogP contribution in [0.5, 0.6) is 0 Å². The lowest BCUT2D eigenvalue weighted by Crippen LogP contribution is -2.47. The molecule has 44 heavy (non-hydrogen) atoms. The summed E-state index contributed by atoms with van der Waals surface area (Å²) in [5.74, 6) is 1.61. The summed E-state index contributed by atoms with van der Waals surface area (Å²) >= 11 is 0. The minimum atomic E-state index is 0.231. The SMILES string of the molecule is CCN(CC)C(=O)CC1CCCN(CC(=O)N2CCC(c3ccc4[nH]c(-c5ccnc6[nH]ncc56)c(C(C)C)c4c3)CC2)C1. The van der Waals surface area contributed by atoms with E-state index in [0.717, 1.165) is 92.8 Å². The van der Waals surface area contributed by atoms with Gasteiger partial charge in [-0.3, -0.25) is 19.6 Å². The normalized spacial score (nSPS) is 18.5. The van der Waals surface area contributed by atoms with E-state index in [0.29, 0.717) is 30.7 Å². The van der Waals surface area contributed by atoms with E-state index in [1.165, 1.54) is 16.5 Å². The van der Waals surface area contributed by atoms with Crippen molar-refractivity contribution in [3.63, 3.8) is 0 Å². The van der Waals surface area contributed by atoms with Gasteiger partial charge in [-0.15, -0.1) is 0 Å². The van der Waals surface area contributed by atoms with Gasteiger partial charge >= 0.3 is 0 Å². The molecule has 6 rings (SSSR count). The van der Waals surface area contributed by atoms with E-state index in [1.807, 2.05) is 31.1 Å². The first-order valence-electron chi connectivity index (χ1n) is 16.6. The first-order valence-corrected chi connectivity index (χ1v) is 16.6. The smallest absolute Gasteiger partial charge is 0.236 e. The van der Waals surface area contributed by atoms with Crippen molar-refractivity contribution in [1.29, 1.82) is 0 Å². The second-order valence-electron chi connectivity index (χ2n) is 13.0. The van der Waals surface area contributed by atoms with Crippen molar-refractivity contribution < 1.29 is 9.59 Å². The number of carbonyl (C=O) groups is 2. The van der Waals surface area contributed by atoms with Crippen molar-refractivity contribution in [3.8, 4) is 11.3 Å². The quantitative estimate of drug-likeness (QED) is 0.250. The maximum atomic E-state index is 13.3. The number of likely N-dealkylation sites (tertiary alicyclic amines) is 2. The van der Waals surface area contributed by atoms with Gasteiger partial charge in [-0.2, -0.15) is 5.10 Å². The van der Waals surface area contributed by atoms with Gasteiger partial charge < -0.3 is 14.8 Å². The number of pyridine rings is 1. The monoisotopic (exact) mass is 597 g/mol. The molecule has 234 valence electrons. The predicted molar refractivity (Wildman–Crippen MR) is 176 cm³/mol. The van der Waals surface area contributed by atoms with Gasteiger partial charge in [0.2, 0.25) is 11.8 Å². The lowest BCUT2D eigenvalue weighted by molar-refractivity contribution is -0.134. The molecule has 2 fully saturated rings. The van der Waals surface area contributed by atoms with Crippen molar-refractivity contribution in [2.45, 2.75) is 71.6 Å². The van der Waals surface area contributed by atoms with Gasteiger partial charge in [0.15, 0.2) is 5.65 Å². The average Bonchev–Trinajstić information content (AvgIpc) is 3.66. The van der Waals surface area contributed by atoms with Crippen LogP contribution in [-0.2, 0) is 9.59 Å². The van der Waals surface area contributed by atoms with Gasteiger partial charge in [-0.1, -0.05) is 19.9 Å². The van der Waals surface area contributed by atoms with E-state index in [-0.39, 0.29) is 11.8 Å². The van der Waals surface area contributed by atoms with Crippen LogP contribution in [0.4, 0.5) is 0 Å². The molecule has 2 saturated heterocycles. The Morgan fingerprint density at radius 3 is 2.59 bits per heavy atom. The molecule has 2 aliphatic rings. The second-order valence-corrected chi connectivity index (χ2v) is 13.0. The molecule has 0 bridgehead atoms. The van der Waals surface area contributed by atoms with E-state index in [2.05, 4.69) is 68.1 Å². The van der Waals surface area contributed by atoms with Crippen molar-refractivity contribution in [2.75, 3.05) is 45.8 Å². The van der Waals surface area contributed by atoms with Crippen LogP contribution in [0.15, 0.2) is 36.7 Å². The van der Waals surface area contributed by atoms with Gasteiger partial charge in [-0.25, -0.2) is 4.98 Å². The van der Waals surface area contributed by atoms with Crippen LogP contribution in [-0.4, -0.2) is 92.5 Å². The Morgan fingerprint density at radius 1 is 1.05 bits per heavy atom. The number of hydrogen-bond donors (Lipinski definition) is 2. The summed E-state index contributed by atoms with van der Waals surface area (Å²) in [6, 6.07) is 8.94. The number of carbonyl (C=O) groups excluding carboxylic acids is 2. The number of amides is 2. The number of benzene rings is 1. The molecule has 1 unspecified atom stereocenters. The zero-order valence-corrected chi connectivity index (χ0v) is 26.7. The molecule has 1 atom stereocenters. The number of fused-ring (bicyclic) bond motifs is 2. The molecule has 3 aromatic heterocycles. The number of hydrogen-bond acceptors (Lipinski definition) is 5. The van der Waals surface area contributed by atoms with Gasteiger partial charge in [-0.05, 0) is 93.2 Å². The van der Waals surface area contributed by atoms with E-state index < -0.39 is 0 Å². The Kier molecular flexibility index (Phi) is 9.03. The third kappa shape index (κ3) is 6.11. The third-order valence-corrected chi connectivity index (χ3v) is 9.92. The van der Waals surface area contributed by atoms with Gasteiger partial charge in [0.1, 0.15) is 0 Å². The maximum absolute atomic E-state index is 13.3. The Morgan fingerprint density at radius 2 is 1.84 bits per heavy atom. The molecule has 0 saturated carbocycles. The Labute approximate surface area is 260 Å². The predicted octanol–water partition coefficient (Wildman–Crippen LogP) is 5.91. The highest BCUT2D eigenvalue weighted by Crippen LogP contribution is 2.40. The number of H-pyrrole nitrogens is 2. The van der Waals surface area contributed by atoms with E-state index in [4.69, 9.17) is 0 Å². The molecule has 9 heteroatoms. The molecule has 5 heterocycles. The molecule has 2 amide bonds. The fraction of sp³-hybridized carbons (Fsp3) is 0.543. The van der Waals surface area contributed by atoms with Crippen molar-refractivity contribution in [2.24, 2.45) is 5.92 Å². The largest absolute Gasteiger partial charge is 0.354 e. The number of aromatic nitrogens is 4.